The van der Waals surface area contributed by atoms with Gasteiger partial charge in [0.2, 0.25) is 5.91 Å². The molecule has 0 heterocycles. The number of amides is 2. The third-order valence-electron chi connectivity index (χ3n) is 4.43. The highest BCUT2D eigenvalue weighted by Gasteiger charge is 2.33. The van der Waals surface area contributed by atoms with Crippen LogP contribution in [0.3, 0.4) is 0 Å². The zero-order valence-electron chi connectivity index (χ0n) is 16.8. The summed E-state index contributed by atoms with van der Waals surface area (Å²) in [6.07, 6.45) is 2.60. The normalized spacial score (nSPS) is 19.4. The Morgan fingerprint density at radius 3 is 2.43 bits per heavy atom. The molecule has 7 nitrogen and oxygen atoms in total. The maximum atomic E-state index is 12.5. The molecule has 2 amide bonds. The molecule has 28 heavy (non-hydrogen) atoms. The van der Waals surface area contributed by atoms with Gasteiger partial charge >= 0.3 is 12.1 Å². The fourth-order valence-corrected chi connectivity index (χ4v) is 3.15. The van der Waals surface area contributed by atoms with Crippen molar-refractivity contribution in [3.05, 3.63) is 35.9 Å². The summed E-state index contributed by atoms with van der Waals surface area (Å²) >= 11 is 0. The molecule has 2 atom stereocenters. The fraction of sp³-hybridized carbons (Fsp3) is 0.571. The van der Waals surface area contributed by atoms with Gasteiger partial charge < -0.3 is 20.1 Å². The molecule has 0 aromatic heterocycles. The molecule has 0 spiro atoms. The number of hydrogen-bond donors (Lipinski definition) is 2. The number of esters is 1. The van der Waals surface area contributed by atoms with Crippen LogP contribution >= 0.6 is 0 Å². The second kappa shape index (κ2) is 10.1. The molecular weight excluding hydrogens is 360 g/mol. The predicted octanol–water partition coefficient (Wildman–Crippen LogP) is 2.93. The number of hydrogen-bond acceptors (Lipinski definition) is 5. The molecule has 2 unspecified atom stereocenters. The average molecular weight is 390 g/mol. The van der Waals surface area contributed by atoms with Gasteiger partial charge in [0.25, 0.3) is 0 Å². The summed E-state index contributed by atoms with van der Waals surface area (Å²) in [7, 11) is 0. The molecule has 0 saturated heterocycles. The van der Waals surface area contributed by atoms with Crippen molar-refractivity contribution in [3.8, 4) is 0 Å². The summed E-state index contributed by atoms with van der Waals surface area (Å²) in [4.78, 5) is 36.4. The molecule has 1 aliphatic carbocycles. The molecule has 154 valence electrons. The van der Waals surface area contributed by atoms with E-state index < -0.39 is 11.7 Å². The van der Waals surface area contributed by atoms with Crippen LogP contribution in [0.15, 0.2) is 30.3 Å². The molecule has 1 aromatic rings. The number of carbonyl (C=O) groups excluding carboxylic acids is 3. The Kier molecular flexibility index (Phi) is 7.84. The van der Waals surface area contributed by atoms with Crippen molar-refractivity contribution in [2.24, 2.45) is 5.92 Å². The van der Waals surface area contributed by atoms with Gasteiger partial charge in [-0.2, -0.15) is 0 Å². The largest absolute Gasteiger partial charge is 0.461 e. The van der Waals surface area contributed by atoms with Crippen molar-refractivity contribution < 1.29 is 23.9 Å². The minimum absolute atomic E-state index is 0.197. The second-order valence-corrected chi connectivity index (χ2v) is 8.01. The third-order valence-corrected chi connectivity index (χ3v) is 4.43. The standard InChI is InChI=1S/C21H30N2O5/c1-21(2,3)28-20(26)22-13-18(24)23-17-12-8-7-11-16(17)19(25)27-14-15-9-5-4-6-10-15/h4-6,9-10,16-17H,7-8,11-14H2,1-3H3,(H,22,26)(H,23,24). The lowest BCUT2D eigenvalue weighted by Gasteiger charge is -2.30. The van der Waals surface area contributed by atoms with Crippen LogP contribution in [-0.4, -0.2) is 36.2 Å². The topological polar surface area (TPSA) is 93.7 Å². The van der Waals surface area contributed by atoms with E-state index in [9.17, 15) is 14.4 Å². The molecular formula is C21H30N2O5. The van der Waals surface area contributed by atoms with Gasteiger partial charge in [-0.3, -0.25) is 9.59 Å². The highest BCUT2D eigenvalue weighted by atomic mass is 16.6. The lowest BCUT2D eigenvalue weighted by atomic mass is 9.84. The van der Waals surface area contributed by atoms with Gasteiger partial charge in [0.15, 0.2) is 0 Å². The average Bonchev–Trinajstić information content (AvgIpc) is 2.64. The van der Waals surface area contributed by atoms with E-state index in [4.69, 9.17) is 9.47 Å². The molecule has 1 saturated carbocycles. The molecule has 2 rings (SSSR count). The first-order valence-electron chi connectivity index (χ1n) is 9.71. The van der Waals surface area contributed by atoms with E-state index in [2.05, 4.69) is 10.6 Å². The number of alkyl carbamates (subject to hydrolysis) is 1. The highest BCUT2D eigenvalue weighted by molar-refractivity contribution is 5.83. The molecule has 0 radical (unpaired) electrons. The number of ether oxygens (including phenoxy) is 2. The summed E-state index contributed by atoms with van der Waals surface area (Å²) in [5.74, 6) is -1.02. The number of benzene rings is 1. The summed E-state index contributed by atoms with van der Waals surface area (Å²) in [6, 6.07) is 9.20. The van der Waals surface area contributed by atoms with E-state index in [1.54, 1.807) is 20.8 Å². The smallest absolute Gasteiger partial charge is 0.408 e. The van der Waals surface area contributed by atoms with E-state index in [0.29, 0.717) is 12.8 Å². The summed E-state index contributed by atoms with van der Waals surface area (Å²) in [6.45, 7) is 5.27. The van der Waals surface area contributed by atoms with Crippen LogP contribution in [0.4, 0.5) is 4.79 Å². The Bertz CT molecular complexity index is 669. The maximum absolute atomic E-state index is 12.5. The van der Waals surface area contributed by atoms with Gasteiger partial charge in [0.05, 0.1) is 5.92 Å². The quantitative estimate of drug-likeness (QED) is 0.729. The monoisotopic (exact) mass is 390 g/mol. The fourth-order valence-electron chi connectivity index (χ4n) is 3.15. The predicted molar refractivity (Wildman–Crippen MR) is 104 cm³/mol. The first-order chi connectivity index (χ1) is 13.2. The third kappa shape index (κ3) is 7.58. The van der Waals surface area contributed by atoms with Gasteiger partial charge in [-0.15, -0.1) is 0 Å². The van der Waals surface area contributed by atoms with E-state index in [1.807, 2.05) is 30.3 Å². The zero-order chi connectivity index (χ0) is 20.6. The van der Waals surface area contributed by atoms with Crippen LogP contribution in [0.5, 0.6) is 0 Å². The summed E-state index contributed by atoms with van der Waals surface area (Å²) in [5.41, 5.74) is 0.297. The van der Waals surface area contributed by atoms with Gasteiger partial charge in [-0.1, -0.05) is 43.2 Å². The van der Waals surface area contributed by atoms with E-state index in [-0.39, 0.29) is 37.0 Å². The van der Waals surface area contributed by atoms with Gasteiger partial charge in [0, 0.05) is 6.04 Å². The van der Waals surface area contributed by atoms with Crippen molar-refractivity contribution in [3.63, 3.8) is 0 Å². The zero-order valence-corrected chi connectivity index (χ0v) is 16.8. The van der Waals surface area contributed by atoms with Crippen molar-refractivity contribution in [2.45, 2.75) is 64.7 Å². The molecule has 1 fully saturated rings. The number of carbonyl (C=O) groups is 3. The first-order valence-corrected chi connectivity index (χ1v) is 9.71. The van der Waals surface area contributed by atoms with Crippen LogP contribution in [0.25, 0.3) is 0 Å². The lowest BCUT2D eigenvalue weighted by molar-refractivity contribution is -0.152. The molecule has 1 aromatic carbocycles. The number of rotatable bonds is 6. The van der Waals surface area contributed by atoms with Crippen LogP contribution in [-0.2, 0) is 25.7 Å². The maximum Gasteiger partial charge on any atom is 0.408 e. The minimum atomic E-state index is -0.648. The van der Waals surface area contributed by atoms with Crippen LogP contribution in [0.2, 0.25) is 0 Å². The SMILES string of the molecule is CC(C)(C)OC(=O)NCC(=O)NC1CCCCC1C(=O)OCc1ccccc1. The van der Waals surface area contributed by atoms with Crippen LogP contribution in [0.1, 0.15) is 52.0 Å². The molecule has 0 bridgehead atoms. The van der Waals surface area contributed by atoms with Crippen molar-refractivity contribution in [1.82, 2.24) is 10.6 Å². The van der Waals surface area contributed by atoms with Crippen molar-refractivity contribution >= 4 is 18.0 Å². The van der Waals surface area contributed by atoms with Gasteiger partial charge in [0.1, 0.15) is 18.8 Å². The Hall–Kier alpha value is -2.57. The van der Waals surface area contributed by atoms with Crippen LogP contribution < -0.4 is 10.6 Å². The van der Waals surface area contributed by atoms with Gasteiger partial charge in [-0.25, -0.2) is 4.79 Å². The van der Waals surface area contributed by atoms with E-state index >= 15 is 0 Å². The van der Waals surface area contributed by atoms with Crippen LogP contribution in [0, 0.1) is 5.92 Å². The Balaban J connectivity index is 1.82. The van der Waals surface area contributed by atoms with E-state index in [1.165, 1.54) is 0 Å². The van der Waals surface area contributed by atoms with Crippen molar-refractivity contribution in [1.29, 1.82) is 0 Å². The minimum Gasteiger partial charge on any atom is -0.461 e. The Labute approximate surface area is 166 Å². The molecule has 2 N–H and O–H groups in total. The highest BCUT2D eigenvalue weighted by Crippen LogP contribution is 2.26. The summed E-state index contributed by atoms with van der Waals surface area (Å²) < 4.78 is 10.6. The summed E-state index contributed by atoms with van der Waals surface area (Å²) in [5, 5.41) is 5.29. The van der Waals surface area contributed by atoms with Crippen molar-refractivity contribution in [2.75, 3.05) is 6.54 Å². The lowest BCUT2D eigenvalue weighted by Crippen LogP contribution is -2.49. The second-order valence-electron chi connectivity index (χ2n) is 8.01. The Morgan fingerprint density at radius 2 is 1.75 bits per heavy atom. The number of nitrogens with one attached hydrogen (secondary N) is 2. The van der Waals surface area contributed by atoms with E-state index in [0.717, 1.165) is 18.4 Å². The molecule has 1 aliphatic rings. The molecule has 0 aliphatic heterocycles. The molecule has 7 heteroatoms. The first kappa shape index (κ1) is 21.7. The Morgan fingerprint density at radius 1 is 1.07 bits per heavy atom. The van der Waals surface area contributed by atoms with Gasteiger partial charge in [-0.05, 0) is 39.2 Å².